The van der Waals surface area contributed by atoms with Crippen LogP contribution >= 0.6 is 34.8 Å². The first-order valence-corrected chi connectivity index (χ1v) is 7.38. The summed E-state index contributed by atoms with van der Waals surface area (Å²) in [5, 5.41) is 5.22. The first-order chi connectivity index (χ1) is 8.61. The molecule has 0 aliphatic carbocycles. The fourth-order valence-electron chi connectivity index (χ4n) is 2.41. The number of nitrogens with zero attached hydrogens (tertiary/aromatic N) is 1. The van der Waals surface area contributed by atoms with Crippen molar-refractivity contribution in [3.05, 3.63) is 27.2 Å². The van der Waals surface area contributed by atoms with Crippen LogP contribution in [0.2, 0.25) is 15.1 Å². The average Bonchev–Trinajstić information content (AvgIpc) is 2.34. The van der Waals surface area contributed by atoms with Crippen LogP contribution in [0.1, 0.15) is 19.8 Å². The Morgan fingerprint density at radius 1 is 1.22 bits per heavy atom. The highest BCUT2D eigenvalue weighted by molar-refractivity contribution is 6.44. The van der Waals surface area contributed by atoms with Crippen molar-refractivity contribution in [2.24, 2.45) is 0 Å². The zero-order valence-corrected chi connectivity index (χ0v) is 12.6. The molecule has 1 aliphatic rings. The largest absolute Gasteiger partial charge is 0.369 e. The third-order valence-electron chi connectivity index (χ3n) is 3.24. The number of nitrogens with one attached hydrogen (secondary N) is 1. The van der Waals surface area contributed by atoms with Crippen molar-refractivity contribution < 1.29 is 0 Å². The van der Waals surface area contributed by atoms with E-state index in [-0.39, 0.29) is 0 Å². The molecular formula is C13H17Cl3N2. The van der Waals surface area contributed by atoms with Gasteiger partial charge < -0.3 is 10.2 Å². The SMILES string of the molecule is CCNC1CCCN(c2cc(Cl)c(Cl)cc2Cl)C1. The molecule has 0 spiro atoms. The first-order valence-electron chi connectivity index (χ1n) is 6.24. The van der Waals surface area contributed by atoms with E-state index in [9.17, 15) is 0 Å². The van der Waals surface area contributed by atoms with Gasteiger partial charge in [0.05, 0.1) is 20.8 Å². The highest BCUT2D eigenvalue weighted by Gasteiger charge is 2.21. The molecule has 1 N–H and O–H groups in total. The van der Waals surface area contributed by atoms with Crippen molar-refractivity contribution in [3.8, 4) is 0 Å². The normalized spacial score (nSPS) is 20.2. The third kappa shape index (κ3) is 3.24. The Kier molecular flexibility index (Phi) is 5.02. The Morgan fingerprint density at radius 2 is 1.94 bits per heavy atom. The van der Waals surface area contributed by atoms with E-state index < -0.39 is 0 Å². The predicted molar refractivity (Wildman–Crippen MR) is 80.4 cm³/mol. The second-order valence-corrected chi connectivity index (χ2v) is 5.78. The number of hydrogen-bond acceptors (Lipinski definition) is 2. The van der Waals surface area contributed by atoms with Crippen molar-refractivity contribution in [2.75, 3.05) is 24.5 Å². The molecule has 1 aliphatic heterocycles. The maximum Gasteiger partial charge on any atom is 0.0655 e. The first kappa shape index (κ1) is 14.3. The van der Waals surface area contributed by atoms with Crippen molar-refractivity contribution in [2.45, 2.75) is 25.8 Å². The Hall–Kier alpha value is -0.150. The topological polar surface area (TPSA) is 15.3 Å². The van der Waals surface area contributed by atoms with E-state index in [1.807, 2.05) is 6.07 Å². The molecule has 2 rings (SSSR count). The van der Waals surface area contributed by atoms with E-state index in [4.69, 9.17) is 34.8 Å². The number of piperidine rings is 1. The van der Waals surface area contributed by atoms with Crippen LogP contribution in [-0.4, -0.2) is 25.7 Å². The predicted octanol–water partition coefficient (Wildman–Crippen LogP) is 4.23. The van der Waals surface area contributed by atoms with E-state index >= 15 is 0 Å². The molecule has 1 unspecified atom stereocenters. The van der Waals surface area contributed by atoms with Gasteiger partial charge in [-0.3, -0.25) is 0 Å². The summed E-state index contributed by atoms with van der Waals surface area (Å²) in [5.74, 6) is 0. The maximum atomic E-state index is 6.25. The molecule has 0 bridgehead atoms. The minimum absolute atomic E-state index is 0.505. The van der Waals surface area contributed by atoms with Gasteiger partial charge in [-0.15, -0.1) is 0 Å². The molecule has 1 atom stereocenters. The van der Waals surface area contributed by atoms with Crippen LogP contribution in [0.15, 0.2) is 12.1 Å². The van der Waals surface area contributed by atoms with Gasteiger partial charge in [-0.05, 0) is 31.5 Å². The molecule has 5 heteroatoms. The molecule has 0 amide bonds. The number of anilines is 1. The van der Waals surface area contributed by atoms with Gasteiger partial charge in [0.1, 0.15) is 0 Å². The van der Waals surface area contributed by atoms with Gasteiger partial charge in [-0.2, -0.15) is 0 Å². The summed E-state index contributed by atoms with van der Waals surface area (Å²) in [6.07, 6.45) is 2.37. The lowest BCUT2D eigenvalue weighted by molar-refractivity contribution is 0.431. The van der Waals surface area contributed by atoms with Gasteiger partial charge in [0.15, 0.2) is 0 Å². The molecule has 1 aromatic carbocycles. The van der Waals surface area contributed by atoms with Crippen molar-refractivity contribution in [3.63, 3.8) is 0 Å². The van der Waals surface area contributed by atoms with Crippen molar-refractivity contribution >= 4 is 40.5 Å². The lowest BCUT2D eigenvalue weighted by Crippen LogP contribution is -2.45. The standard InChI is InChI=1S/C13H17Cl3N2/c1-2-17-9-4-3-5-18(8-9)13-7-11(15)10(14)6-12(13)16/h6-7,9,17H,2-5,8H2,1H3. The van der Waals surface area contributed by atoms with Crippen LogP contribution < -0.4 is 10.2 Å². The highest BCUT2D eigenvalue weighted by Crippen LogP contribution is 2.35. The van der Waals surface area contributed by atoms with Crippen LogP contribution in [0.5, 0.6) is 0 Å². The molecule has 0 saturated carbocycles. The number of halogens is 3. The van der Waals surface area contributed by atoms with Gasteiger partial charge in [0, 0.05) is 19.1 Å². The molecule has 0 aromatic heterocycles. The van der Waals surface area contributed by atoms with Crippen molar-refractivity contribution in [1.29, 1.82) is 0 Å². The van der Waals surface area contributed by atoms with E-state index in [2.05, 4.69) is 17.1 Å². The Bertz CT molecular complexity index is 421. The fourth-order valence-corrected chi connectivity index (χ4v) is 3.07. The molecule has 1 fully saturated rings. The Labute approximate surface area is 123 Å². The van der Waals surface area contributed by atoms with E-state index in [0.29, 0.717) is 21.1 Å². The van der Waals surface area contributed by atoms with Gasteiger partial charge >= 0.3 is 0 Å². The van der Waals surface area contributed by atoms with Crippen molar-refractivity contribution in [1.82, 2.24) is 5.32 Å². The van der Waals surface area contributed by atoms with E-state index in [1.54, 1.807) is 6.07 Å². The van der Waals surface area contributed by atoms with Gasteiger partial charge in [-0.1, -0.05) is 41.7 Å². The zero-order valence-electron chi connectivity index (χ0n) is 10.3. The molecular weight excluding hydrogens is 291 g/mol. The Morgan fingerprint density at radius 3 is 2.67 bits per heavy atom. The molecule has 1 aromatic rings. The van der Waals surface area contributed by atoms with Crippen LogP contribution in [0.4, 0.5) is 5.69 Å². The quantitative estimate of drug-likeness (QED) is 0.841. The molecule has 100 valence electrons. The summed E-state index contributed by atoms with van der Waals surface area (Å²) in [6.45, 7) is 5.10. The number of likely N-dealkylation sites (N-methyl/N-ethyl adjacent to an activating group) is 1. The second kappa shape index (κ2) is 6.33. The van der Waals surface area contributed by atoms with E-state index in [1.165, 1.54) is 6.42 Å². The summed E-state index contributed by atoms with van der Waals surface area (Å²) >= 11 is 18.3. The molecule has 0 radical (unpaired) electrons. The van der Waals surface area contributed by atoms with Crippen LogP contribution in [-0.2, 0) is 0 Å². The summed E-state index contributed by atoms with van der Waals surface area (Å²) in [7, 11) is 0. The van der Waals surface area contributed by atoms with E-state index in [0.717, 1.165) is 31.7 Å². The van der Waals surface area contributed by atoms with Gasteiger partial charge in [-0.25, -0.2) is 0 Å². The summed E-state index contributed by atoms with van der Waals surface area (Å²) in [5.41, 5.74) is 0.980. The number of rotatable bonds is 3. The minimum Gasteiger partial charge on any atom is -0.369 e. The lowest BCUT2D eigenvalue weighted by atomic mass is 10.0. The van der Waals surface area contributed by atoms with Crippen LogP contribution in [0, 0.1) is 0 Å². The molecule has 1 heterocycles. The number of hydrogen-bond donors (Lipinski definition) is 1. The fraction of sp³-hybridized carbons (Fsp3) is 0.538. The summed E-state index contributed by atoms with van der Waals surface area (Å²) < 4.78 is 0. The molecule has 2 nitrogen and oxygen atoms in total. The summed E-state index contributed by atoms with van der Waals surface area (Å²) in [6, 6.07) is 4.10. The summed E-state index contributed by atoms with van der Waals surface area (Å²) in [4.78, 5) is 2.28. The molecule has 1 saturated heterocycles. The lowest BCUT2D eigenvalue weighted by Gasteiger charge is -2.35. The third-order valence-corrected chi connectivity index (χ3v) is 4.27. The van der Waals surface area contributed by atoms with Gasteiger partial charge in [0.2, 0.25) is 0 Å². The maximum absolute atomic E-state index is 6.25. The average molecular weight is 308 g/mol. The molecule has 18 heavy (non-hydrogen) atoms. The zero-order chi connectivity index (χ0) is 13.1. The minimum atomic E-state index is 0.505. The Balaban J connectivity index is 2.18. The van der Waals surface area contributed by atoms with Gasteiger partial charge in [0.25, 0.3) is 0 Å². The van der Waals surface area contributed by atoms with Crippen LogP contribution in [0.3, 0.4) is 0 Å². The second-order valence-electron chi connectivity index (χ2n) is 4.56. The smallest absolute Gasteiger partial charge is 0.0655 e. The number of benzene rings is 1. The van der Waals surface area contributed by atoms with Crippen LogP contribution in [0.25, 0.3) is 0 Å². The monoisotopic (exact) mass is 306 g/mol. The highest BCUT2D eigenvalue weighted by atomic mass is 35.5.